The van der Waals surface area contributed by atoms with Crippen molar-refractivity contribution in [3.63, 3.8) is 0 Å². The molecule has 1 aliphatic rings. The molecule has 3 rings (SSSR count). The van der Waals surface area contributed by atoms with Crippen LogP contribution >= 0.6 is 0 Å². The summed E-state index contributed by atoms with van der Waals surface area (Å²) in [4.78, 5) is 10.8. The molecule has 1 aromatic carbocycles. The molecule has 0 spiro atoms. The van der Waals surface area contributed by atoms with E-state index in [4.69, 9.17) is 14.4 Å². The Hall–Kier alpha value is -2.14. The number of methoxy groups -OCH3 is 1. The molecule has 0 saturated heterocycles. The van der Waals surface area contributed by atoms with Gasteiger partial charge in [0.15, 0.2) is 11.5 Å². The zero-order valence-corrected chi connectivity index (χ0v) is 11.1. The molecular formula is C15H15NO4. The van der Waals surface area contributed by atoms with E-state index in [1.165, 1.54) is 11.6 Å². The molecule has 1 fully saturated rings. The van der Waals surface area contributed by atoms with Crippen molar-refractivity contribution < 1.29 is 19.2 Å². The minimum atomic E-state index is -1.09. The van der Waals surface area contributed by atoms with Gasteiger partial charge in [0, 0.05) is 24.2 Å². The summed E-state index contributed by atoms with van der Waals surface area (Å²) >= 11 is 0. The van der Waals surface area contributed by atoms with Crippen LogP contribution in [0.1, 0.15) is 28.9 Å². The lowest BCUT2D eigenvalue weighted by atomic mass is 9.95. The summed E-state index contributed by atoms with van der Waals surface area (Å²) in [6, 6.07) is 9.38. The van der Waals surface area contributed by atoms with Gasteiger partial charge in [-0.25, -0.2) is 4.79 Å². The zero-order chi connectivity index (χ0) is 14.2. The van der Waals surface area contributed by atoms with Crippen molar-refractivity contribution in [3.05, 3.63) is 41.6 Å². The number of carbonyl (C=O) groups is 1. The monoisotopic (exact) mass is 273 g/mol. The van der Waals surface area contributed by atoms with E-state index in [9.17, 15) is 4.79 Å². The number of rotatable bonds is 5. The van der Waals surface area contributed by atoms with Crippen LogP contribution in [0, 0.1) is 0 Å². The first-order valence-corrected chi connectivity index (χ1v) is 6.44. The fourth-order valence-corrected chi connectivity index (χ4v) is 2.44. The smallest absolute Gasteiger partial charge is 0.358 e. The Kier molecular flexibility index (Phi) is 3.06. The van der Waals surface area contributed by atoms with E-state index in [2.05, 4.69) is 5.16 Å². The number of nitrogens with zero attached hydrogens (tertiary/aromatic N) is 1. The molecular weight excluding hydrogens is 258 g/mol. The van der Waals surface area contributed by atoms with E-state index in [1.54, 1.807) is 7.11 Å². The maximum Gasteiger partial charge on any atom is 0.358 e. The van der Waals surface area contributed by atoms with Gasteiger partial charge in [-0.15, -0.1) is 0 Å². The maximum atomic E-state index is 10.8. The van der Waals surface area contributed by atoms with Crippen molar-refractivity contribution in [2.75, 3.05) is 13.7 Å². The summed E-state index contributed by atoms with van der Waals surface area (Å²) in [5.41, 5.74) is 2.16. The summed E-state index contributed by atoms with van der Waals surface area (Å²) in [7, 11) is 1.72. The van der Waals surface area contributed by atoms with Crippen LogP contribution in [0.25, 0.3) is 11.3 Å². The zero-order valence-electron chi connectivity index (χ0n) is 11.1. The van der Waals surface area contributed by atoms with Gasteiger partial charge in [-0.1, -0.05) is 29.4 Å². The summed E-state index contributed by atoms with van der Waals surface area (Å²) in [5, 5.41) is 12.3. The molecule has 1 aliphatic carbocycles. The molecule has 0 bridgehead atoms. The molecule has 1 N–H and O–H groups in total. The summed E-state index contributed by atoms with van der Waals surface area (Å²) in [6.07, 6.45) is 2.29. The molecule has 1 aromatic heterocycles. The number of benzene rings is 1. The number of aromatic nitrogens is 1. The van der Waals surface area contributed by atoms with Crippen LogP contribution in [0.15, 0.2) is 34.9 Å². The molecule has 0 unspecified atom stereocenters. The number of aromatic carboxylic acids is 1. The van der Waals surface area contributed by atoms with Gasteiger partial charge in [0.25, 0.3) is 0 Å². The quantitative estimate of drug-likeness (QED) is 0.906. The lowest BCUT2D eigenvalue weighted by Crippen LogP contribution is -2.13. The normalized spacial score (nSPS) is 16.1. The SMILES string of the molecule is COCC1(c2ccc(-c3cc(C(=O)O)no3)cc2)CC1. The molecule has 0 atom stereocenters. The third-order valence-electron chi connectivity index (χ3n) is 3.79. The molecule has 0 amide bonds. The highest BCUT2D eigenvalue weighted by molar-refractivity contribution is 5.86. The predicted molar refractivity (Wildman–Crippen MR) is 71.7 cm³/mol. The minimum absolute atomic E-state index is 0.0814. The average Bonchev–Trinajstić information content (AvgIpc) is 3.05. The van der Waals surface area contributed by atoms with E-state index < -0.39 is 5.97 Å². The Labute approximate surface area is 116 Å². The van der Waals surface area contributed by atoms with Crippen molar-refractivity contribution in [1.29, 1.82) is 0 Å². The standard InChI is InChI=1S/C15H15NO4/c1-19-9-15(6-7-15)11-4-2-10(3-5-11)13-8-12(14(17)18)16-20-13/h2-5,8H,6-7,9H2,1H3,(H,17,18). The lowest BCUT2D eigenvalue weighted by molar-refractivity contribution is 0.0686. The number of hydrogen-bond donors (Lipinski definition) is 1. The van der Waals surface area contributed by atoms with Gasteiger partial charge in [0.05, 0.1) is 6.61 Å². The Bertz CT molecular complexity index is 626. The minimum Gasteiger partial charge on any atom is -0.476 e. The van der Waals surface area contributed by atoms with Gasteiger partial charge >= 0.3 is 5.97 Å². The number of carboxylic acid groups (broad SMARTS) is 1. The van der Waals surface area contributed by atoms with Crippen LogP contribution in [0.2, 0.25) is 0 Å². The maximum absolute atomic E-state index is 10.8. The second kappa shape index (κ2) is 4.76. The molecule has 1 heterocycles. The topological polar surface area (TPSA) is 72.6 Å². The van der Waals surface area contributed by atoms with Crippen LogP contribution in [0.5, 0.6) is 0 Å². The van der Waals surface area contributed by atoms with E-state index in [-0.39, 0.29) is 11.1 Å². The Balaban J connectivity index is 1.84. The number of hydrogen-bond acceptors (Lipinski definition) is 4. The van der Waals surface area contributed by atoms with Crippen LogP contribution in [0.4, 0.5) is 0 Å². The summed E-state index contributed by atoms with van der Waals surface area (Å²) in [5.74, 6) is -0.626. The third kappa shape index (κ3) is 2.20. The fraction of sp³-hybridized carbons (Fsp3) is 0.333. The van der Waals surface area contributed by atoms with Crippen LogP contribution in [0.3, 0.4) is 0 Å². The van der Waals surface area contributed by atoms with Crippen LogP contribution in [-0.4, -0.2) is 29.9 Å². The molecule has 5 nitrogen and oxygen atoms in total. The van der Waals surface area contributed by atoms with Crippen molar-refractivity contribution >= 4 is 5.97 Å². The molecule has 104 valence electrons. The van der Waals surface area contributed by atoms with Gasteiger partial charge in [-0.3, -0.25) is 0 Å². The first-order chi connectivity index (χ1) is 9.64. The van der Waals surface area contributed by atoms with Crippen molar-refractivity contribution in [1.82, 2.24) is 5.16 Å². The van der Waals surface area contributed by atoms with Crippen molar-refractivity contribution in [3.8, 4) is 11.3 Å². The second-order valence-corrected chi connectivity index (χ2v) is 5.17. The van der Waals surface area contributed by atoms with Gasteiger partial charge in [-0.05, 0) is 18.4 Å². The van der Waals surface area contributed by atoms with Crippen molar-refractivity contribution in [2.24, 2.45) is 0 Å². The van der Waals surface area contributed by atoms with E-state index >= 15 is 0 Å². The fourth-order valence-electron chi connectivity index (χ4n) is 2.44. The van der Waals surface area contributed by atoms with Gasteiger partial charge < -0.3 is 14.4 Å². The van der Waals surface area contributed by atoms with E-state index in [0.717, 1.165) is 25.0 Å². The van der Waals surface area contributed by atoms with Gasteiger partial charge in [0.1, 0.15) is 0 Å². The molecule has 0 radical (unpaired) electrons. The molecule has 5 heteroatoms. The molecule has 20 heavy (non-hydrogen) atoms. The van der Waals surface area contributed by atoms with Gasteiger partial charge in [-0.2, -0.15) is 0 Å². The molecule has 2 aromatic rings. The Morgan fingerprint density at radius 1 is 1.40 bits per heavy atom. The lowest BCUT2D eigenvalue weighted by Gasteiger charge is -2.14. The van der Waals surface area contributed by atoms with E-state index in [1.807, 2.05) is 24.3 Å². The second-order valence-electron chi connectivity index (χ2n) is 5.17. The summed E-state index contributed by atoms with van der Waals surface area (Å²) in [6.45, 7) is 0.734. The molecule has 1 saturated carbocycles. The highest BCUT2D eigenvalue weighted by atomic mass is 16.5. The highest BCUT2D eigenvalue weighted by Gasteiger charge is 2.44. The third-order valence-corrected chi connectivity index (χ3v) is 3.79. The van der Waals surface area contributed by atoms with E-state index in [0.29, 0.717) is 5.76 Å². The van der Waals surface area contributed by atoms with Crippen molar-refractivity contribution in [2.45, 2.75) is 18.3 Å². The number of carboxylic acids is 1. The Morgan fingerprint density at radius 2 is 2.10 bits per heavy atom. The average molecular weight is 273 g/mol. The summed E-state index contributed by atoms with van der Waals surface area (Å²) < 4.78 is 10.3. The predicted octanol–water partition coefficient (Wildman–Crippen LogP) is 2.72. The highest BCUT2D eigenvalue weighted by Crippen LogP contribution is 2.48. The van der Waals surface area contributed by atoms with Gasteiger partial charge in [0.2, 0.25) is 0 Å². The Morgan fingerprint density at radius 3 is 2.60 bits per heavy atom. The first-order valence-electron chi connectivity index (χ1n) is 6.44. The van der Waals surface area contributed by atoms with Crippen LogP contribution in [-0.2, 0) is 10.2 Å². The number of ether oxygens (including phenoxy) is 1. The molecule has 0 aliphatic heterocycles. The first kappa shape index (κ1) is 12.9. The largest absolute Gasteiger partial charge is 0.476 e. The van der Waals surface area contributed by atoms with Crippen LogP contribution < -0.4 is 0 Å².